The second-order valence-corrected chi connectivity index (χ2v) is 34.8. The van der Waals surface area contributed by atoms with Crippen molar-refractivity contribution in [2.75, 3.05) is 87.9 Å². The van der Waals surface area contributed by atoms with Crippen LogP contribution in [0.25, 0.3) is 32.6 Å². The van der Waals surface area contributed by atoms with Gasteiger partial charge >= 0.3 is 11.9 Å². The average molecular weight is 1400 g/mol. The summed E-state index contributed by atoms with van der Waals surface area (Å²) in [5.74, 6) is -6.20. The van der Waals surface area contributed by atoms with Gasteiger partial charge in [0.15, 0.2) is 14.1 Å². The summed E-state index contributed by atoms with van der Waals surface area (Å²) in [5.41, 5.74) is 4.66. The van der Waals surface area contributed by atoms with Crippen LogP contribution in [0.3, 0.4) is 0 Å². The quantitative estimate of drug-likeness (QED) is 0.0163. The van der Waals surface area contributed by atoms with E-state index in [2.05, 4.69) is 74.2 Å². The summed E-state index contributed by atoms with van der Waals surface area (Å²) in [4.78, 5) is 104. The number of aromatic nitrogens is 3. The Morgan fingerprint density at radius 3 is 2.15 bits per heavy atom. The first kappa shape index (κ1) is 72.3. The molecular formula is C69H88F3N11O11S2Si. The number of carboxylic acids is 1. The minimum atomic E-state index is -2.85. The first-order valence-corrected chi connectivity index (χ1v) is 37.8. The van der Waals surface area contributed by atoms with Crippen molar-refractivity contribution in [3.63, 3.8) is 0 Å². The molecule has 22 nitrogen and oxygen atoms in total. The van der Waals surface area contributed by atoms with E-state index in [4.69, 9.17) is 9.16 Å². The molecule has 522 valence electrons. The highest BCUT2D eigenvalue weighted by Crippen LogP contribution is 2.41. The zero-order valence-electron chi connectivity index (χ0n) is 56.4. The predicted octanol–water partition coefficient (Wildman–Crippen LogP) is 9.69. The number of halogens is 3. The number of ether oxygens (including phenoxy) is 1. The molecule has 0 radical (unpaired) electrons. The topological polar surface area (TPSA) is 263 Å². The number of aryl methyl sites for hydroxylation is 1. The van der Waals surface area contributed by atoms with Gasteiger partial charge in [-0.2, -0.15) is 4.41 Å². The number of H-pyrrole nitrogens is 1. The summed E-state index contributed by atoms with van der Waals surface area (Å²) in [6, 6.07) is 16.0. The lowest BCUT2D eigenvalue weighted by atomic mass is 9.85. The number of nitrogens with zero attached hydrogens (tertiary/aromatic N) is 8. The number of piperazine rings is 1. The van der Waals surface area contributed by atoms with Gasteiger partial charge in [-0.15, -0.1) is 11.3 Å². The number of aliphatic carboxylic acids is 1. The van der Waals surface area contributed by atoms with Crippen molar-refractivity contribution in [2.24, 2.45) is 11.3 Å². The van der Waals surface area contributed by atoms with Crippen LogP contribution < -0.4 is 19.9 Å². The zero-order valence-corrected chi connectivity index (χ0v) is 59.0. The highest BCUT2D eigenvalue weighted by atomic mass is 32.2. The van der Waals surface area contributed by atoms with Crippen LogP contribution >= 0.6 is 11.3 Å². The molecule has 3 amide bonds. The van der Waals surface area contributed by atoms with Gasteiger partial charge in [0.1, 0.15) is 42.0 Å². The van der Waals surface area contributed by atoms with Crippen LogP contribution in [0.5, 0.6) is 0 Å². The van der Waals surface area contributed by atoms with Crippen molar-refractivity contribution in [1.29, 1.82) is 0 Å². The first-order valence-electron chi connectivity index (χ1n) is 33.0. The van der Waals surface area contributed by atoms with Gasteiger partial charge in [-0.1, -0.05) is 77.9 Å². The zero-order chi connectivity index (χ0) is 69.8. The average Bonchev–Trinajstić information content (AvgIpc) is 1.68. The maximum atomic E-state index is 16.2. The molecule has 10 rings (SSSR count). The van der Waals surface area contributed by atoms with Crippen LogP contribution in [0.4, 0.5) is 24.5 Å². The number of esters is 1. The Hall–Kier alpha value is -7.44. The predicted molar refractivity (Wildman–Crippen MR) is 368 cm³/mol. The van der Waals surface area contributed by atoms with Crippen LogP contribution in [-0.4, -0.2) is 195 Å². The number of carboxylic acid groups (broad SMARTS) is 1. The molecule has 7 heterocycles. The molecule has 4 aliphatic heterocycles. The number of hydrogen-bond acceptors (Lipinski definition) is 16. The Kier molecular flexibility index (Phi) is 22.6. The van der Waals surface area contributed by atoms with Crippen molar-refractivity contribution in [1.82, 2.24) is 45.3 Å². The van der Waals surface area contributed by atoms with E-state index in [9.17, 15) is 42.2 Å². The summed E-state index contributed by atoms with van der Waals surface area (Å²) in [6.07, 6.45) is 2.41. The van der Waals surface area contributed by atoms with Crippen molar-refractivity contribution in [2.45, 2.75) is 136 Å². The Morgan fingerprint density at radius 2 is 1.54 bits per heavy atom. The number of benzene rings is 3. The molecule has 97 heavy (non-hydrogen) atoms. The van der Waals surface area contributed by atoms with Gasteiger partial charge in [-0.3, -0.25) is 43.1 Å². The second-order valence-electron chi connectivity index (χ2n) is 28.4. The van der Waals surface area contributed by atoms with E-state index >= 15 is 13.6 Å². The van der Waals surface area contributed by atoms with Gasteiger partial charge < -0.3 is 39.7 Å². The van der Waals surface area contributed by atoms with Gasteiger partial charge in [-0.05, 0) is 116 Å². The third-order valence-electron chi connectivity index (χ3n) is 19.4. The smallest absolute Gasteiger partial charge is 0.306 e. The number of hydrazine groups is 1. The number of ketones is 1. The molecule has 4 fully saturated rings. The van der Waals surface area contributed by atoms with Crippen molar-refractivity contribution < 1.29 is 65.0 Å². The van der Waals surface area contributed by atoms with Gasteiger partial charge in [0.25, 0.3) is 11.3 Å². The van der Waals surface area contributed by atoms with E-state index in [1.54, 1.807) is 17.8 Å². The van der Waals surface area contributed by atoms with E-state index in [0.29, 0.717) is 45.6 Å². The van der Waals surface area contributed by atoms with Crippen LogP contribution in [0.15, 0.2) is 84.6 Å². The van der Waals surface area contributed by atoms with Crippen molar-refractivity contribution >= 4 is 88.8 Å². The summed E-state index contributed by atoms with van der Waals surface area (Å²) in [6.45, 7) is 23.5. The number of nitrogens with one attached hydrogen (secondary N) is 3. The highest BCUT2D eigenvalue weighted by Gasteiger charge is 2.49. The molecule has 0 spiro atoms. The number of anilines is 2. The monoisotopic (exact) mass is 1400 g/mol. The summed E-state index contributed by atoms with van der Waals surface area (Å²) >= 11 is -1.35. The summed E-state index contributed by atoms with van der Waals surface area (Å²) < 4.78 is 81.3. The van der Waals surface area contributed by atoms with Gasteiger partial charge in [-0.25, -0.2) is 32.4 Å². The molecule has 0 saturated carbocycles. The number of piperidine rings is 1. The lowest BCUT2D eigenvalue weighted by molar-refractivity contribution is -0.149. The number of hydrogen-bond donors (Lipinski definition) is 5. The Morgan fingerprint density at radius 1 is 0.845 bits per heavy atom. The summed E-state index contributed by atoms with van der Waals surface area (Å²) in [5, 5.41) is 16.7. The maximum absolute atomic E-state index is 16.2. The van der Waals surface area contributed by atoms with E-state index in [-0.39, 0.29) is 68.6 Å². The number of pyridine rings is 1. The SMILES string of the molecule is Cc1ncsc1-c1ccc([C@H](COC(=O)CCC(=O)O)NC(=O)[C@@H]2C[C@@H](O[Si](C)(C)C(C)(C)C)CN2C(=O)[C@@H](NC(=O)CN2CCC(CN3CCN(c4ccc(-c5cnc6[nH]cc(C(=O)c7c(F)ccc(N(N8CC[C@@H](F)C8)S(=O)O)c7F)c6c5)cc4)CC3)CC2)C(C)(C)C)cc1. The molecule has 0 aliphatic carbocycles. The minimum absolute atomic E-state index is 0.0162. The molecule has 3 aromatic heterocycles. The Labute approximate surface area is 571 Å². The number of likely N-dealkylation sites (tertiary alicyclic amines) is 2. The Bertz CT molecular complexity index is 3870. The fourth-order valence-corrected chi connectivity index (χ4v) is 15.7. The fraction of sp³-hybridized carbons (Fsp3) is 0.507. The van der Waals surface area contributed by atoms with Crippen molar-refractivity contribution in [3.05, 3.63) is 119 Å². The minimum Gasteiger partial charge on any atom is -0.481 e. The molecule has 1 unspecified atom stereocenters. The number of alkyl halides is 1. The highest BCUT2D eigenvalue weighted by molar-refractivity contribution is 7.80. The number of carbonyl (C=O) groups is 6. The largest absolute Gasteiger partial charge is 0.481 e. The van der Waals surface area contributed by atoms with Crippen LogP contribution in [0.2, 0.25) is 18.1 Å². The van der Waals surface area contributed by atoms with Crippen LogP contribution in [0.1, 0.15) is 113 Å². The number of fused-ring (bicyclic) bond motifs is 1. The number of rotatable bonds is 24. The third-order valence-corrected chi connectivity index (χ3v) is 25.7. The number of amides is 3. The standard InChI is InChI=1S/C69H88F3N11O11S2Si/c1-42-63(95-41-75-42)46-12-10-45(11-13-46)54(40-93-59(87)21-20-58(85)86)76-66(89)56-33-50(94-97(8,9)69(5,6)7)38-82(56)67(90)64(68(2,3)4)77-57(84)39-78-25-22-43(23-26-78)36-79-28-30-80(31-29-79)49-16-14-44(15-17-49)47-32-51-52(35-74-65(51)73-34-47)62(88)60-53(71)18-19-55(61(60)72)83(96(91)92)81-27-24-48(70)37-81/h10-19,32,34-35,41,43,48,50,54,56,64H,20-31,33,36-40H2,1-9H3,(H,73,74)(H,76,89)(H,77,84)(H,85,86)(H,91,92)/t48-,50-,54+,56+,64-/m1/s1. The lowest BCUT2D eigenvalue weighted by Gasteiger charge is -2.40. The number of aromatic amines is 1. The van der Waals surface area contributed by atoms with Crippen molar-refractivity contribution in [3.8, 4) is 21.6 Å². The number of thiazole rings is 1. The molecule has 3 aromatic carbocycles. The summed E-state index contributed by atoms with van der Waals surface area (Å²) in [7, 11) is -2.43. The molecule has 0 bridgehead atoms. The maximum Gasteiger partial charge on any atom is 0.306 e. The van der Waals surface area contributed by atoms with E-state index < -0.39 is 114 Å². The first-order chi connectivity index (χ1) is 45.9. The molecule has 28 heteroatoms. The van der Waals surface area contributed by atoms with E-state index in [1.807, 2.05) is 76.2 Å². The molecular weight excluding hydrogens is 1310 g/mol. The Balaban J connectivity index is 0.731. The molecule has 5 N–H and O–H groups in total. The lowest BCUT2D eigenvalue weighted by Crippen LogP contribution is -2.59. The molecule has 4 saturated heterocycles. The van der Waals surface area contributed by atoms with E-state index in [0.717, 1.165) is 90.1 Å². The van der Waals surface area contributed by atoms with Gasteiger partial charge in [0, 0.05) is 86.8 Å². The molecule has 6 atom stereocenters. The van der Waals surface area contributed by atoms with Crippen LogP contribution in [-0.2, 0) is 44.4 Å². The van der Waals surface area contributed by atoms with Gasteiger partial charge in [0.05, 0.1) is 59.7 Å². The molecule has 6 aromatic rings. The number of carbonyl (C=O) groups excluding carboxylic acids is 5. The van der Waals surface area contributed by atoms with E-state index in [1.165, 1.54) is 22.4 Å². The normalized spacial score (nSPS) is 19.6. The fourth-order valence-electron chi connectivity index (χ4n) is 12.9. The third kappa shape index (κ3) is 17.2. The molecule has 4 aliphatic rings. The second kappa shape index (κ2) is 30.4. The van der Waals surface area contributed by atoms with Gasteiger partial charge in [0.2, 0.25) is 23.5 Å². The van der Waals surface area contributed by atoms with Crippen LogP contribution in [0, 0.1) is 29.9 Å².